The lowest BCUT2D eigenvalue weighted by molar-refractivity contribution is -0.349. The van der Waals surface area contributed by atoms with Crippen molar-refractivity contribution in [2.24, 2.45) is 5.92 Å². The van der Waals surface area contributed by atoms with Gasteiger partial charge in [0.1, 0.15) is 0 Å². The molecule has 0 fully saturated rings. The van der Waals surface area contributed by atoms with Gasteiger partial charge < -0.3 is 20.0 Å². The third-order valence-corrected chi connectivity index (χ3v) is 4.08. The van der Waals surface area contributed by atoms with E-state index in [4.69, 9.17) is 19.2 Å². The number of rotatable bonds is 13. The summed E-state index contributed by atoms with van der Waals surface area (Å²) in [7, 11) is -4.64. The molecule has 0 saturated carbocycles. The molecule has 0 aromatic rings. The van der Waals surface area contributed by atoms with Crippen LogP contribution in [0.25, 0.3) is 0 Å². The van der Waals surface area contributed by atoms with Gasteiger partial charge in [0.05, 0.1) is 0 Å². The van der Waals surface area contributed by atoms with Gasteiger partial charge in [-0.05, 0) is 19.0 Å². The molecule has 4 N–H and O–H groups in total. The van der Waals surface area contributed by atoms with Crippen LogP contribution in [0.2, 0.25) is 0 Å². The fourth-order valence-corrected chi connectivity index (χ4v) is 2.31. The number of phosphoric acid groups is 1. The minimum atomic E-state index is -6.87. The first-order valence-electron chi connectivity index (χ1n) is 8.85. The van der Waals surface area contributed by atoms with Crippen molar-refractivity contribution in [3.63, 3.8) is 0 Å². The largest absolute Gasteiger partial charge is 0.466 e. The average molecular weight is 599 g/mol. The molecule has 0 amide bonds. The van der Waals surface area contributed by atoms with Gasteiger partial charge in [0, 0.05) is 12.8 Å². The molecule has 5 nitrogen and oxygen atoms in total. The summed E-state index contributed by atoms with van der Waals surface area (Å²) >= 11 is 0. The first kappa shape index (κ1) is 37.1. The Morgan fingerprint density at radius 3 is 1.11 bits per heavy atom. The van der Waals surface area contributed by atoms with Gasteiger partial charge >= 0.3 is 56.2 Å². The zero-order valence-corrected chi connectivity index (χ0v) is 18.2. The number of hydrogen-bond acceptors (Lipinski definition) is 2. The van der Waals surface area contributed by atoms with Gasteiger partial charge in [0.2, 0.25) is 0 Å². The lowest BCUT2D eigenvalue weighted by atomic mass is 9.87. The summed E-state index contributed by atoms with van der Waals surface area (Å²) < 4.78 is 217. The molecule has 0 bridgehead atoms. The lowest BCUT2D eigenvalue weighted by Gasteiger charge is -2.37. The molecule has 22 heteroatoms. The Morgan fingerprint density at radius 2 is 0.917 bits per heavy atom. The second-order valence-electron chi connectivity index (χ2n) is 7.00. The Balaban J connectivity index is 0. The van der Waals surface area contributed by atoms with Crippen LogP contribution in [0, 0.1) is 5.92 Å². The van der Waals surface area contributed by atoms with Crippen LogP contribution in [0.5, 0.6) is 0 Å². The number of hydrogen-bond donors (Lipinski definition) is 4. The van der Waals surface area contributed by atoms with E-state index in [0.29, 0.717) is 0 Å². The van der Waals surface area contributed by atoms with Crippen molar-refractivity contribution in [3.05, 3.63) is 0 Å². The lowest BCUT2D eigenvalue weighted by Crippen LogP contribution is -2.60. The molecule has 0 aromatic heterocycles. The van der Waals surface area contributed by atoms with Crippen LogP contribution in [-0.4, -0.2) is 76.2 Å². The molecule has 0 spiro atoms. The van der Waals surface area contributed by atoms with Crippen molar-refractivity contribution < 1.29 is 89.5 Å². The highest BCUT2D eigenvalue weighted by Gasteiger charge is 2.77. The Hall–Kier alpha value is -1.05. The van der Waals surface area contributed by atoms with Gasteiger partial charge in [-0.25, -0.2) is 22.1 Å². The summed E-state index contributed by atoms with van der Waals surface area (Å²) in [5.74, 6) is -42.5. The van der Waals surface area contributed by atoms with Crippen LogP contribution in [0.15, 0.2) is 0 Å². The van der Waals surface area contributed by atoms with Crippen LogP contribution in [0.3, 0.4) is 0 Å². The standard InChI is InChI=1S/C14H15F16N.H3O4P/c1-2-31-5-6(3-9(19,20)13(27,28)11(23,24)7(15)16)4-10(21,22)14(29,30)12(25,26)8(17)18;1-5(2,3)4/h6-8,31H,2-5H2,1H3;(H3,1,2,3,4). The molecule has 0 aliphatic rings. The summed E-state index contributed by atoms with van der Waals surface area (Å²) in [6.45, 7) is -0.582. The van der Waals surface area contributed by atoms with E-state index < -0.39 is 81.5 Å². The van der Waals surface area contributed by atoms with Crippen molar-refractivity contribution in [1.29, 1.82) is 0 Å². The van der Waals surface area contributed by atoms with Crippen LogP contribution < -0.4 is 5.32 Å². The molecule has 0 radical (unpaired) electrons. The minimum absolute atomic E-state index is 0.346. The van der Waals surface area contributed by atoms with Crippen molar-refractivity contribution in [2.75, 3.05) is 13.1 Å². The Morgan fingerprint density at radius 1 is 0.667 bits per heavy atom. The van der Waals surface area contributed by atoms with Gasteiger partial charge in [-0.2, -0.15) is 52.7 Å². The molecule has 0 aliphatic carbocycles. The van der Waals surface area contributed by atoms with Crippen molar-refractivity contribution in [1.82, 2.24) is 5.32 Å². The predicted molar refractivity (Wildman–Crippen MR) is 87.2 cm³/mol. The number of nitrogens with one attached hydrogen (secondary N) is 1. The molecule has 0 unspecified atom stereocenters. The van der Waals surface area contributed by atoms with Crippen LogP contribution in [-0.2, 0) is 4.57 Å². The SMILES string of the molecule is CCNCC(CC(F)(F)C(F)(F)C(F)(F)C(F)F)CC(F)(F)C(F)(F)C(F)(F)C(F)F.O=P(O)(O)O. The maximum Gasteiger partial charge on any atom is 0.466 e. The van der Waals surface area contributed by atoms with Crippen LogP contribution in [0.1, 0.15) is 19.8 Å². The van der Waals surface area contributed by atoms with E-state index in [1.807, 2.05) is 5.32 Å². The topological polar surface area (TPSA) is 89.8 Å². The average Bonchev–Trinajstić information content (AvgIpc) is 2.63. The fraction of sp³-hybridized carbons (Fsp3) is 1.00. The Bertz CT molecular complexity index is 675. The third kappa shape index (κ3) is 9.05. The highest BCUT2D eigenvalue weighted by molar-refractivity contribution is 7.45. The molecular formula is C14H18F16NO4P. The molecule has 220 valence electrons. The zero-order chi connectivity index (χ0) is 29.8. The maximum atomic E-state index is 13.7. The zero-order valence-electron chi connectivity index (χ0n) is 17.3. The Labute approximate surface area is 191 Å². The first-order chi connectivity index (χ1) is 15.5. The molecule has 0 aromatic carbocycles. The second-order valence-corrected chi connectivity index (χ2v) is 8.03. The second kappa shape index (κ2) is 12.2. The van der Waals surface area contributed by atoms with Crippen molar-refractivity contribution in [2.45, 2.75) is 68.2 Å². The van der Waals surface area contributed by atoms with Gasteiger partial charge in [-0.15, -0.1) is 0 Å². The fourth-order valence-electron chi connectivity index (χ4n) is 2.31. The Kier molecular flexibility index (Phi) is 12.6. The van der Waals surface area contributed by atoms with Gasteiger partial charge in [-0.1, -0.05) is 6.92 Å². The van der Waals surface area contributed by atoms with E-state index >= 15 is 0 Å². The number of halogens is 16. The molecule has 36 heavy (non-hydrogen) atoms. The summed E-state index contributed by atoms with van der Waals surface area (Å²) in [6.07, 6.45) is -16.4. The highest BCUT2D eigenvalue weighted by Crippen LogP contribution is 2.54. The summed E-state index contributed by atoms with van der Waals surface area (Å²) in [6, 6.07) is 0. The first-order valence-corrected chi connectivity index (χ1v) is 10.4. The molecule has 0 rings (SSSR count). The van der Waals surface area contributed by atoms with Crippen molar-refractivity contribution in [3.8, 4) is 0 Å². The maximum absolute atomic E-state index is 13.7. The molecule has 0 aliphatic heterocycles. The predicted octanol–water partition coefficient (Wildman–Crippen LogP) is 5.41. The van der Waals surface area contributed by atoms with E-state index in [1.165, 1.54) is 0 Å². The minimum Gasteiger partial charge on any atom is -0.317 e. The summed E-state index contributed by atoms with van der Waals surface area (Å²) in [4.78, 5) is 21.6. The van der Waals surface area contributed by atoms with Crippen LogP contribution in [0.4, 0.5) is 70.2 Å². The number of alkyl halides is 16. The third-order valence-electron chi connectivity index (χ3n) is 4.08. The molecule has 0 atom stereocenters. The van der Waals surface area contributed by atoms with Gasteiger partial charge in [0.15, 0.2) is 0 Å². The van der Waals surface area contributed by atoms with E-state index in [-0.39, 0.29) is 6.54 Å². The quantitative estimate of drug-likeness (QED) is 0.168. The van der Waals surface area contributed by atoms with Crippen LogP contribution >= 0.6 is 7.82 Å². The summed E-state index contributed by atoms with van der Waals surface area (Å²) in [5, 5.41) is 1.89. The molecule has 0 saturated heterocycles. The highest BCUT2D eigenvalue weighted by atomic mass is 31.2. The van der Waals surface area contributed by atoms with E-state index in [1.54, 1.807) is 0 Å². The van der Waals surface area contributed by atoms with Gasteiger partial charge in [-0.3, -0.25) is 0 Å². The van der Waals surface area contributed by atoms with Crippen molar-refractivity contribution >= 4 is 7.82 Å². The van der Waals surface area contributed by atoms with Gasteiger partial charge in [0.25, 0.3) is 0 Å². The molecule has 0 heterocycles. The van der Waals surface area contributed by atoms with E-state index in [2.05, 4.69) is 0 Å². The van der Waals surface area contributed by atoms with E-state index in [0.717, 1.165) is 6.92 Å². The normalized spacial score (nSPS) is 15.0. The molecular weight excluding hydrogens is 581 g/mol. The van der Waals surface area contributed by atoms with E-state index in [9.17, 15) is 70.2 Å². The smallest absolute Gasteiger partial charge is 0.317 e. The monoisotopic (exact) mass is 599 g/mol. The summed E-state index contributed by atoms with van der Waals surface area (Å²) in [5.41, 5.74) is 0.